The largest absolute Gasteiger partial charge is 0.349 e. The Kier molecular flexibility index (Phi) is 5.44. The van der Waals surface area contributed by atoms with E-state index in [1.54, 1.807) is 12.4 Å². The molecule has 4 saturated carbocycles. The maximum Gasteiger partial charge on any atom is 0.253 e. The van der Waals surface area contributed by atoms with Crippen molar-refractivity contribution in [2.75, 3.05) is 0 Å². The molecule has 0 bridgehead atoms. The number of aromatic nitrogens is 1. The van der Waals surface area contributed by atoms with Crippen LogP contribution >= 0.6 is 0 Å². The Morgan fingerprint density at radius 2 is 1.93 bits per heavy atom. The van der Waals surface area contributed by atoms with Crippen molar-refractivity contribution >= 4 is 5.91 Å². The molecule has 30 heavy (non-hydrogen) atoms. The second-order valence-corrected chi connectivity index (χ2v) is 11.6. The van der Waals surface area contributed by atoms with E-state index in [-0.39, 0.29) is 11.9 Å². The van der Waals surface area contributed by atoms with Crippen LogP contribution in [0.1, 0.15) is 88.9 Å². The van der Waals surface area contributed by atoms with Gasteiger partial charge in [-0.3, -0.25) is 9.78 Å². The zero-order chi connectivity index (χ0) is 20.9. The molecular weight excluding hydrogens is 368 g/mol. The highest BCUT2D eigenvalue weighted by Crippen LogP contribution is 2.64. The second-order valence-electron chi connectivity index (χ2n) is 11.6. The van der Waals surface area contributed by atoms with Crippen LogP contribution in [-0.4, -0.2) is 16.9 Å². The highest BCUT2D eigenvalue weighted by molar-refractivity contribution is 5.94. The van der Waals surface area contributed by atoms with Gasteiger partial charge in [-0.2, -0.15) is 0 Å². The first-order chi connectivity index (χ1) is 14.5. The van der Waals surface area contributed by atoms with Gasteiger partial charge in [-0.25, -0.2) is 0 Å². The Morgan fingerprint density at radius 1 is 1.10 bits per heavy atom. The quantitative estimate of drug-likeness (QED) is 0.656. The summed E-state index contributed by atoms with van der Waals surface area (Å²) in [6.07, 6.45) is 16.3. The Bertz CT molecular complexity index is 763. The summed E-state index contributed by atoms with van der Waals surface area (Å²) in [5.74, 6) is 6.45. The number of hydrogen-bond donors (Lipinski definition) is 1. The van der Waals surface area contributed by atoms with Crippen LogP contribution in [0, 0.1) is 46.8 Å². The van der Waals surface area contributed by atoms with E-state index in [2.05, 4.69) is 31.1 Å². The summed E-state index contributed by atoms with van der Waals surface area (Å²) in [6, 6.07) is 3.94. The van der Waals surface area contributed by atoms with Gasteiger partial charge >= 0.3 is 0 Å². The molecule has 1 N–H and O–H groups in total. The standard InChI is InChI=1S/C27H40N2O/c1-17-6-8-21-19(15-17)7-9-23-22(21)12-13-27(3)24(10-11-25(23)27)18(2)29-26(30)20-5-4-14-28-16-20/h4-5,14,16-19,21-25H,6-13,15H2,1-3H3,(H,29,30)/t17-,18+,19+,21-,22?,23+,24?,25?,27+/m0/s1. The van der Waals surface area contributed by atoms with E-state index >= 15 is 0 Å². The molecule has 0 spiro atoms. The third-order valence-corrected chi connectivity index (χ3v) is 10.2. The molecule has 0 saturated heterocycles. The predicted molar refractivity (Wildman–Crippen MR) is 121 cm³/mol. The zero-order valence-corrected chi connectivity index (χ0v) is 19.1. The van der Waals surface area contributed by atoms with E-state index in [4.69, 9.17) is 0 Å². The molecule has 3 nitrogen and oxygen atoms in total. The number of nitrogens with one attached hydrogen (secondary N) is 1. The van der Waals surface area contributed by atoms with E-state index in [1.165, 1.54) is 57.8 Å². The molecule has 9 atom stereocenters. The average molecular weight is 409 g/mol. The van der Waals surface area contributed by atoms with Gasteiger partial charge in [-0.1, -0.05) is 20.3 Å². The second kappa shape index (κ2) is 7.95. The third kappa shape index (κ3) is 3.41. The molecule has 4 aliphatic rings. The molecule has 3 unspecified atom stereocenters. The molecule has 3 heteroatoms. The lowest BCUT2D eigenvalue weighted by molar-refractivity contribution is -0.0698. The molecule has 1 aromatic rings. The predicted octanol–water partition coefficient (Wildman–Crippen LogP) is 6.10. The van der Waals surface area contributed by atoms with Crippen molar-refractivity contribution in [1.29, 1.82) is 0 Å². The van der Waals surface area contributed by atoms with Gasteiger partial charge < -0.3 is 5.32 Å². The van der Waals surface area contributed by atoms with Crippen molar-refractivity contribution < 1.29 is 4.79 Å². The Balaban J connectivity index is 1.29. The maximum atomic E-state index is 12.7. The van der Waals surface area contributed by atoms with E-state index in [0.29, 0.717) is 16.9 Å². The van der Waals surface area contributed by atoms with Gasteiger partial charge in [0.15, 0.2) is 0 Å². The summed E-state index contributed by atoms with van der Waals surface area (Å²) < 4.78 is 0. The molecule has 4 aliphatic carbocycles. The number of nitrogens with zero attached hydrogens (tertiary/aromatic N) is 1. The number of amides is 1. The third-order valence-electron chi connectivity index (χ3n) is 10.2. The number of hydrogen-bond acceptors (Lipinski definition) is 2. The summed E-state index contributed by atoms with van der Waals surface area (Å²) >= 11 is 0. The minimum Gasteiger partial charge on any atom is -0.349 e. The van der Waals surface area contributed by atoms with E-state index in [0.717, 1.165) is 35.5 Å². The van der Waals surface area contributed by atoms with Crippen LogP contribution in [0.3, 0.4) is 0 Å². The van der Waals surface area contributed by atoms with Crippen molar-refractivity contribution in [2.45, 2.75) is 84.6 Å². The average Bonchev–Trinajstić information content (AvgIpc) is 3.11. The van der Waals surface area contributed by atoms with Crippen LogP contribution in [0.5, 0.6) is 0 Å². The van der Waals surface area contributed by atoms with Gasteiger partial charge in [0.05, 0.1) is 5.56 Å². The summed E-state index contributed by atoms with van der Waals surface area (Å²) in [5.41, 5.74) is 1.08. The van der Waals surface area contributed by atoms with Gasteiger partial charge in [0.25, 0.3) is 5.91 Å². The van der Waals surface area contributed by atoms with Gasteiger partial charge in [0.2, 0.25) is 0 Å². The summed E-state index contributed by atoms with van der Waals surface area (Å²) in [6.45, 7) is 7.30. The van der Waals surface area contributed by atoms with Gasteiger partial charge in [-0.05, 0) is 117 Å². The van der Waals surface area contributed by atoms with Gasteiger partial charge in [-0.15, -0.1) is 0 Å². The van der Waals surface area contributed by atoms with Gasteiger partial charge in [0.1, 0.15) is 0 Å². The first-order valence-corrected chi connectivity index (χ1v) is 12.7. The monoisotopic (exact) mass is 408 g/mol. The molecule has 1 aromatic heterocycles. The van der Waals surface area contributed by atoms with E-state index < -0.39 is 0 Å². The molecule has 5 rings (SSSR count). The van der Waals surface area contributed by atoms with Crippen molar-refractivity contribution in [3.8, 4) is 0 Å². The molecular formula is C27H40N2O. The van der Waals surface area contributed by atoms with Crippen molar-refractivity contribution in [2.24, 2.45) is 46.8 Å². The highest BCUT2D eigenvalue weighted by atomic mass is 16.1. The van der Waals surface area contributed by atoms with Crippen molar-refractivity contribution in [3.05, 3.63) is 30.1 Å². The van der Waals surface area contributed by atoms with Crippen LogP contribution in [-0.2, 0) is 0 Å². The number of pyridine rings is 1. The number of fused-ring (bicyclic) bond motifs is 5. The maximum absolute atomic E-state index is 12.7. The molecule has 1 heterocycles. The first-order valence-electron chi connectivity index (χ1n) is 12.7. The smallest absolute Gasteiger partial charge is 0.253 e. The summed E-state index contributed by atoms with van der Waals surface area (Å²) in [5, 5.41) is 3.34. The molecule has 0 aromatic carbocycles. The molecule has 0 radical (unpaired) electrons. The molecule has 1 amide bonds. The normalized spacial score (nSPS) is 43.8. The Labute approximate surface area is 182 Å². The first kappa shape index (κ1) is 20.5. The summed E-state index contributed by atoms with van der Waals surface area (Å²) in [7, 11) is 0. The lowest BCUT2D eigenvalue weighted by Gasteiger charge is -2.56. The highest BCUT2D eigenvalue weighted by Gasteiger charge is 2.57. The number of carbonyl (C=O) groups is 1. The topological polar surface area (TPSA) is 42.0 Å². The minimum atomic E-state index is 0.0353. The van der Waals surface area contributed by atoms with Crippen LogP contribution in [0.4, 0.5) is 0 Å². The van der Waals surface area contributed by atoms with E-state index in [1.807, 2.05) is 12.1 Å². The summed E-state index contributed by atoms with van der Waals surface area (Å²) in [4.78, 5) is 16.8. The van der Waals surface area contributed by atoms with Crippen molar-refractivity contribution in [1.82, 2.24) is 10.3 Å². The number of carbonyl (C=O) groups excluding carboxylic acids is 1. The fraction of sp³-hybridized carbons (Fsp3) is 0.778. The van der Waals surface area contributed by atoms with Crippen molar-refractivity contribution in [3.63, 3.8) is 0 Å². The van der Waals surface area contributed by atoms with Crippen LogP contribution in [0.2, 0.25) is 0 Å². The molecule has 4 fully saturated rings. The fourth-order valence-corrected chi connectivity index (χ4v) is 8.84. The fourth-order valence-electron chi connectivity index (χ4n) is 8.84. The SMILES string of the molecule is C[C@H]1CC[C@@H]2C3CC[C@@]4(C)C(CCC4[C@@H](C)NC(=O)c4cccnc4)[C@@H]3CC[C@@H]2C1. The number of rotatable bonds is 3. The lowest BCUT2D eigenvalue weighted by Crippen LogP contribution is -2.51. The Hall–Kier alpha value is -1.38. The van der Waals surface area contributed by atoms with Gasteiger partial charge in [0, 0.05) is 18.4 Å². The molecule has 0 aliphatic heterocycles. The van der Waals surface area contributed by atoms with E-state index in [9.17, 15) is 4.79 Å². The molecule has 164 valence electrons. The van der Waals surface area contributed by atoms with Crippen LogP contribution in [0.15, 0.2) is 24.5 Å². The lowest BCUT2D eigenvalue weighted by atomic mass is 9.49. The van der Waals surface area contributed by atoms with Crippen LogP contribution < -0.4 is 5.32 Å². The Morgan fingerprint density at radius 3 is 2.73 bits per heavy atom. The zero-order valence-electron chi connectivity index (χ0n) is 19.1. The minimum absolute atomic E-state index is 0.0353. The van der Waals surface area contributed by atoms with Crippen LogP contribution in [0.25, 0.3) is 0 Å².